The highest BCUT2D eigenvalue weighted by Crippen LogP contribution is 2.33. The number of sulfonamides is 1. The standard InChI is InChI=1S/C12H17N3O4S/c1-12(6-3-7-12)14-20(18,19)9-4-5-11(15(16)17)10(8-9)13-2/h4-5,8,13-14H,3,6-7H2,1-2H3. The Labute approximate surface area is 117 Å². The van der Waals surface area contributed by atoms with Crippen molar-refractivity contribution in [2.75, 3.05) is 12.4 Å². The maximum atomic E-state index is 12.3. The molecule has 2 rings (SSSR count). The molecule has 0 aliphatic heterocycles. The van der Waals surface area contributed by atoms with Crippen molar-refractivity contribution in [1.82, 2.24) is 4.72 Å². The number of rotatable bonds is 5. The van der Waals surface area contributed by atoms with Crippen LogP contribution in [0.3, 0.4) is 0 Å². The van der Waals surface area contributed by atoms with Crippen LogP contribution in [0.5, 0.6) is 0 Å². The van der Waals surface area contributed by atoms with Crippen molar-refractivity contribution in [3.63, 3.8) is 0 Å². The Hall–Kier alpha value is -1.67. The number of hydrogen-bond donors (Lipinski definition) is 2. The predicted molar refractivity (Wildman–Crippen MR) is 75.2 cm³/mol. The summed E-state index contributed by atoms with van der Waals surface area (Å²) < 4.78 is 27.2. The van der Waals surface area contributed by atoms with Crippen molar-refractivity contribution in [2.24, 2.45) is 0 Å². The van der Waals surface area contributed by atoms with E-state index in [1.807, 2.05) is 6.92 Å². The van der Waals surface area contributed by atoms with Gasteiger partial charge in [0.15, 0.2) is 0 Å². The summed E-state index contributed by atoms with van der Waals surface area (Å²) >= 11 is 0. The first-order valence-corrected chi connectivity index (χ1v) is 7.76. The molecule has 0 spiro atoms. The smallest absolute Gasteiger partial charge is 0.292 e. The Kier molecular flexibility index (Phi) is 3.70. The zero-order chi connectivity index (χ0) is 15.0. The van der Waals surface area contributed by atoms with Crippen LogP contribution in [0, 0.1) is 10.1 Å². The summed E-state index contributed by atoms with van der Waals surface area (Å²) in [6.07, 6.45) is 2.61. The Bertz CT molecular complexity index is 638. The second-order valence-corrected chi connectivity index (χ2v) is 6.89. The first kappa shape index (κ1) is 14.7. The number of nitrogens with zero attached hydrogens (tertiary/aromatic N) is 1. The van der Waals surface area contributed by atoms with Crippen LogP contribution in [-0.2, 0) is 10.0 Å². The summed E-state index contributed by atoms with van der Waals surface area (Å²) in [7, 11) is -2.15. The minimum atomic E-state index is -3.67. The largest absolute Gasteiger partial charge is 0.383 e. The zero-order valence-electron chi connectivity index (χ0n) is 11.3. The van der Waals surface area contributed by atoms with E-state index in [0.717, 1.165) is 19.3 Å². The molecule has 20 heavy (non-hydrogen) atoms. The molecule has 0 atom stereocenters. The molecule has 0 amide bonds. The third-order valence-electron chi connectivity index (χ3n) is 3.58. The minimum Gasteiger partial charge on any atom is -0.383 e. The molecule has 1 saturated carbocycles. The summed E-state index contributed by atoms with van der Waals surface area (Å²) in [6, 6.07) is 3.73. The van der Waals surface area contributed by atoms with Gasteiger partial charge in [-0.05, 0) is 38.3 Å². The number of nitrogens with one attached hydrogen (secondary N) is 2. The molecule has 1 aromatic carbocycles. The lowest BCUT2D eigenvalue weighted by molar-refractivity contribution is -0.384. The molecule has 1 aliphatic carbocycles. The highest BCUT2D eigenvalue weighted by molar-refractivity contribution is 7.89. The maximum absolute atomic E-state index is 12.3. The van der Waals surface area contributed by atoms with Gasteiger partial charge in [0.25, 0.3) is 5.69 Å². The highest BCUT2D eigenvalue weighted by atomic mass is 32.2. The molecule has 8 heteroatoms. The number of anilines is 1. The van der Waals surface area contributed by atoms with Gasteiger partial charge in [0.05, 0.1) is 9.82 Å². The zero-order valence-corrected chi connectivity index (χ0v) is 12.2. The van der Waals surface area contributed by atoms with E-state index in [1.165, 1.54) is 25.2 Å². The van der Waals surface area contributed by atoms with Gasteiger partial charge in [-0.2, -0.15) is 0 Å². The summed E-state index contributed by atoms with van der Waals surface area (Å²) in [6.45, 7) is 1.86. The average molecular weight is 299 g/mol. The molecule has 1 aromatic rings. The van der Waals surface area contributed by atoms with Crippen molar-refractivity contribution < 1.29 is 13.3 Å². The van der Waals surface area contributed by atoms with Gasteiger partial charge >= 0.3 is 0 Å². The van der Waals surface area contributed by atoms with E-state index in [9.17, 15) is 18.5 Å². The van der Waals surface area contributed by atoms with E-state index < -0.39 is 20.5 Å². The van der Waals surface area contributed by atoms with Crippen LogP contribution >= 0.6 is 0 Å². The molecule has 0 radical (unpaired) electrons. The number of nitro benzene ring substituents is 1. The van der Waals surface area contributed by atoms with Crippen LogP contribution in [0.15, 0.2) is 23.1 Å². The van der Waals surface area contributed by atoms with Crippen molar-refractivity contribution >= 4 is 21.4 Å². The van der Waals surface area contributed by atoms with E-state index in [4.69, 9.17) is 0 Å². The van der Waals surface area contributed by atoms with Crippen LogP contribution < -0.4 is 10.0 Å². The molecule has 2 N–H and O–H groups in total. The van der Waals surface area contributed by atoms with Gasteiger partial charge in [0.2, 0.25) is 10.0 Å². The van der Waals surface area contributed by atoms with E-state index in [2.05, 4.69) is 10.0 Å². The quantitative estimate of drug-likeness (QED) is 0.638. The van der Waals surface area contributed by atoms with Crippen molar-refractivity contribution in [3.05, 3.63) is 28.3 Å². The van der Waals surface area contributed by atoms with Crippen molar-refractivity contribution in [2.45, 2.75) is 36.6 Å². The SMILES string of the molecule is CNc1cc(S(=O)(=O)NC2(C)CCC2)ccc1[N+](=O)[O-]. The minimum absolute atomic E-state index is 0.0283. The van der Waals surface area contributed by atoms with Crippen molar-refractivity contribution in [3.8, 4) is 0 Å². The highest BCUT2D eigenvalue weighted by Gasteiger charge is 2.36. The van der Waals surface area contributed by atoms with Gasteiger partial charge in [0.1, 0.15) is 5.69 Å². The van der Waals surface area contributed by atoms with Gasteiger partial charge in [-0.1, -0.05) is 0 Å². The molecule has 0 heterocycles. The first-order valence-electron chi connectivity index (χ1n) is 6.28. The molecule has 0 bridgehead atoms. The van der Waals surface area contributed by atoms with Gasteiger partial charge in [-0.3, -0.25) is 10.1 Å². The Morgan fingerprint density at radius 1 is 1.35 bits per heavy atom. The monoisotopic (exact) mass is 299 g/mol. The third-order valence-corrected chi connectivity index (χ3v) is 5.22. The lowest BCUT2D eigenvalue weighted by Crippen LogP contribution is -2.50. The predicted octanol–water partition coefficient (Wildman–Crippen LogP) is 1.86. The second-order valence-electron chi connectivity index (χ2n) is 5.21. The molecule has 0 aromatic heterocycles. The van der Waals surface area contributed by atoms with Crippen LogP contribution in [0.25, 0.3) is 0 Å². The molecule has 110 valence electrons. The normalized spacial score (nSPS) is 17.3. The molecular weight excluding hydrogens is 282 g/mol. The average Bonchev–Trinajstić information content (AvgIpc) is 2.35. The van der Waals surface area contributed by atoms with Gasteiger partial charge in [0, 0.05) is 18.7 Å². The van der Waals surface area contributed by atoms with Gasteiger partial charge in [-0.25, -0.2) is 13.1 Å². The maximum Gasteiger partial charge on any atom is 0.292 e. The fourth-order valence-electron chi connectivity index (χ4n) is 2.23. The summed E-state index contributed by atoms with van der Waals surface area (Å²) in [5.74, 6) is 0. The van der Waals surface area contributed by atoms with E-state index >= 15 is 0 Å². The first-order chi connectivity index (χ1) is 9.27. The Morgan fingerprint density at radius 3 is 2.45 bits per heavy atom. The molecule has 0 unspecified atom stereocenters. The molecular formula is C12H17N3O4S. The third kappa shape index (κ3) is 2.75. The Morgan fingerprint density at radius 2 is 2.00 bits per heavy atom. The molecule has 1 fully saturated rings. The van der Waals surface area contributed by atoms with Gasteiger partial charge in [-0.15, -0.1) is 0 Å². The van der Waals surface area contributed by atoms with E-state index in [1.54, 1.807) is 0 Å². The van der Waals surface area contributed by atoms with Crippen LogP contribution in [0.4, 0.5) is 11.4 Å². The summed E-state index contributed by atoms with van der Waals surface area (Å²) in [5, 5.41) is 13.5. The Balaban J connectivity index is 2.34. The number of nitro groups is 1. The van der Waals surface area contributed by atoms with Crippen LogP contribution in [0.2, 0.25) is 0 Å². The molecule has 1 aliphatic rings. The van der Waals surface area contributed by atoms with Gasteiger partial charge < -0.3 is 5.32 Å². The molecule has 0 saturated heterocycles. The van der Waals surface area contributed by atoms with E-state index in [0.29, 0.717) is 0 Å². The number of benzene rings is 1. The number of hydrogen-bond acceptors (Lipinski definition) is 5. The second kappa shape index (κ2) is 5.02. The summed E-state index contributed by atoms with van der Waals surface area (Å²) in [4.78, 5) is 10.3. The van der Waals surface area contributed by atoms with Crippen molar-refractivity contribution in [1.29, 1.82) is 0 Å². The van der Waals surface area contributed by atoms with E-state index in [-0.39, 0.29) is 16.3 Å². The summed E-state index contributed by atoms with van der Waals surface area (Å²) in [5.41, 5.74) is -0.376. The lowest BCUT2D eigenvalue weighted by atomic mass is 9.80. The molecule has 7 nitrogen and oxygen atoms in total. The lowest BCUT2D eigenvalue weighted by Gasteiger charge is -2.38. The van der Waals surface area contributed by atoms with Crippen LogP contribution in [-0.4, -0.2) is 25.9 Å². The topological polar surface area (TPSA) is 101 Å². The fourth-order valence-corrected chi connectivity index (χ4v) is 3.73. The van der Waals surface area contributed by atoms with Crippen LogP contribution in [0.1, 0.15) is 26.2 Å². The fraction of sp³-hybridized carbons (Fsp3) is 0.500.